The molecule has 20 heavy (non-hydrogen) atoms. The van der Waals surface area contributed by atoms with Crippen LogP contribution in [0.2, 0.25) is 0 Å². The molecule has 1 unspecified atom stereocenters. The summed E-state index contributed by atoms with van der Waals surface area (Å²) in [5.41, 5.74) is 2.45. The molecule has 1 atom stereocenters. The summed E-state index contributed by atoms with van der Waals surface area (Å²) in [6, 6.07) is 11.0. The highest BCUT2D eigenvalue weighted by Gasteiger charge is 2.07. The van der Waals surface area contributed by atoms with Gasteiger partial charge in [0.05, 0.1) is 23.4 Å². The minimum Gasteiger partial charge on any atom is -0.387 e. The molecule has 0 aliphatic carbocycles. The summed E-state index contributed by atoms with van der Waals surface area (Å²) >= 11 is 0. The lowest BCUT2D eigenvalue weighted by Crippen LogP contribution is -2.23. The highest BCUT2D eigenvalue weighted by molar-refractivity contribution is 5.32. The quantitative estimate of drug-likeness (QED) is 0.772. The molecule has 1 aromatic carbocycles. The smallest absolute Gasteiger partial charge is 0.0991 e. The van der Waals surface area contributed by atoms with Crippen molar-refractivity contribution in [1.82, 2.24) is 15.1 Å². The summed E-state index contributed by atoms with van der Waals surface area (Å²) in [7, 11) is 1.89. The van der Waals surface area contributed by atoms with Crippen LogP contribution in [0.5, 0.6) is 0 Å². The summed E-state index contributed by atoms with van der Waals surface area (Å²) in [6.07, 6.45) is 2.19. The van der Waals surface area contributed by atoms with Crippen molar-refractivity contribution < 1.29 is 5.11 Å². The SMILES string of the molecule is Cn1ccc(CCNCC(O)c2ccc(C#N)cc2)n1. The van der Waals surface area contributed by atoms with Gasteiger partial charge in [0.15, 0.2) is 0 Å². The molecule has 104 valence electrons. The van der Waals surface area contributed by atoms with E-state index >= 15 is 0 Å². The third-order valence-electron chi connectivity index (χ3n) is 3.09. The fourth-order valence-corrected chi connectivity index (χ4v) is 1.95. The summed E-state index contributed by atoms with van der Waals surface area (Å²) in [5.74, 6) is 0. The molecule has 0 amide bonds. The van der Waals surface area contributed by atoms with Crippen molar-refractivity contribution in [2.45, 2.75) is 12.5 Å². The number of nitrogens with one attached hydrogen (secondary N) is 1. The van der Waals surface area contributed by atoms with Gasteiger partial charge in [-0.15, -0.1) is 0 Å². The van der Waals surface area contributed by atoms with E-state index in [-0.39, 0.29) is 0 Å². The molecule has 1 aromatic heterocycles. The lowest BCUT2D eigenvalue weighted by Gasteiger charge is -2.11. The molecular formula is C15H18N4O. The predicted molar refractivity (Wildman–Crippen MR) is 75.9 cm³/mol. The number of aliphatic hydroxyl groups is 1. The monoisotopic (exact) mass is 270 g/mol. The molecule has 0 saturated heterocycles. The van der Waals surface area contributed by atoms with Crippen molar-refractivity contribution in [1.29, 1.82) is 5.26 Å². The zero-order chi connectivity index (χ0) is 14.4. The van der Waals surface area contributed by atoms with Crippen molar-refractivity contribution in [3.8, 4) is 6.07 Å². The molecule has 0 aliphatic heterocycles. The summed E-state index contributed by atoms with van der Waals surface area (Å²) in [4.78, 5) is 0. The molecule has 0 aliphatic rings. The first-order valence-electron chi connectivity index (χ1n) is 6.56. The molecular weight excluding hydrogens is 252 g/mol. The first-order chi connectivity index (χ1) is 9.69. The lowest BCUT2D eigenvalue weighted by molar-refractivity contribution is 0.175. The standard InChI is InChI=1S/C15H18N4O/c1-19-9-7-14(18-19)6-8-17-11-15(20)13-4-2-12(10-16)3-5-13/h2-5,7,9,15,17,20H,6,8,11H2,1H3. The van der Waals surface area contributed by atoms with Crippen molar-refractivity contribution in [2.75, 3.05) is 13.1 Å². The highest BCUT2D eigenvalue weighted by Crippen LogP contribution is 2.12. The van der Waals surface area contributed by atoms with E-state index in [1.54, 1.807) is 28.9 Å². The van der Waals surface area contributed by atoms with E-state index in [1.807, 2.05) is 19.3 Å². The minimum absolute atomic E-state index is 0.485. The second kappa shape index (κ2) is 6.85. The Hall–Kier alpha value is -2.16. The number of hydrogen-bond donors (Lipinski definition) is 2. The molecule has 2 rings (SSSR count). The van der Waals surface area contributed by atoms with Crippen LogP contribution in [0.1, 0.15) is 22.9 Å². The zero-order valence-electron chi connectivity index (χ0n) is 11.5. The topological polar surface area (TPSA) is 73.9 Å². The number of nitrogens with zero attached hydrogens (tertiary/aromatic N) is 3. The molecule has 2 N–H and O–H groups in total. The largest absolute Gasteiger partial charge is 0.387 e. The second-order valence-corrected chi connectivity index (χ2v) is 4.68. The van der Waals surface area contributed by atoms with Crippen LogP contribution in [0.25, 0.3) is 0 Å². The van der Waals surface area contributed by atoms with Crippen LogP contribution >= 0.6 is 0 Å². The van der Waals surface area contributed by atoms with E-state index in [4.69, 9.17) is 5.26 Å². The fourth-order valence-electron chi connectivity index (χ4n) is 1.95. The lowest BCUT2D eigenvalue weighted by atomic mass is 10.1. The Balaban J connectivity index is 1.74. The zero-order valence-corrected chi connectivity index (χ0v) is 11.5. The molecule has 0 radical (unpaired) electrons. The summed E-state index contributed by atoms with van der Waals surface area (Å²) in [5, 5.41) is 26.2. The Kier molecular flexibility index (Phi) is 4.88. The molecule has 0 bridgehead atoms. The third kappa shape index (κ3) is 3.92. The van der Waals surface area contributed by atoms with Gasteiger partial charge in [0, 0.05) is 32.8 Å². The molecule has 1 heterocycles. The Morgan fingerprint density at radius 2 is 2.10 bits per heavy atom. The molecule has 0 fully saturated rings. The van der Waals surface area contributed by atoms with E-state index in [0.717, 1.165) is 24.2 Å². The number of aryl methyl sites for hydroxylation is 1. The van der Waals surface area contributed by atoms with Crippen LogP contribution in [0.3, 0.4) is 0 Å². The van der Waals surface area contributed by atoms with Crippen LogP contribution in [0, 0.1) is 11.3 Å². The van der Waals surface area contributed by atoms with Gasteiger partial charge in [-0.1, -0.05) is 12.1 Å². The third-order valence-corrected chi connectivity index (χ3v) is 3.09. The number of nitriles is 1. The van der Waals surface area contributed by atoms with Gasteiger partial charge in [0.1, 0.15) is 0 Å². The second-order valence-electron chi connectivity index (χ2n) is 4.68. The maximum atomic E-state index is 10.0. The van der Waals surface area contributed by atoms with Crippen molar-refractivity contribution in [3.05, 3.63) is 53.3 Å². The van der Waals surface area contributed by atoms with Crippen LogP contribution < -0.4 is 5.32 Å². The Morgan fingerprint density at radius 1 is 1.35 bits per heavy atom. The van der Waals surface area contributed by atoms with Gasteiger partial charge < -0.3 is 10.4 Å². The van der Waals surface area contributed by atoms with E-state index in [2.05, 4.69) is 16.5 Å². The fraction of sp³-hybridized carbons (Fsp3) is 0.333. The van der Waals surface area contributed by atoms with Gasteiger partial charge in [-0.25, -0.2) is 0 Å². The van der Waals surface area contributed by atoms with Gasteiger partial charge in [-0.3, -0.25) is 4.68 Å². The van der Waals surface area contributed by atoms with Crippen LogP contribution in [-0.2, 0) is 13.5 Å². The summed E-state index contributed by atoms with van der Waals surface area (Å²) in [6.45, 7) is 1.25. The van der Waals surface area contributed by atoms with Crippen molar-refractivity contribution >= 4 is 0 Å². The van der Waals surface area contributed by atoms with Gasteiger partial charge in [0.2, 0.25) is 0 Å². The molecule has 0 spiro atoms. The first-order valence-corrected chi connectivity index (χ1v) is 6.56. The van der Waals surface area contributed by atoms with Crippen molar-refractivity contribution in [2.24, 2.45) is 7.05 Å². The van der Waals surface area contributed by atoms with E-state index in [1.165, 1.54) is 0 Å². The molecule has 5 nitrogen and oxygen atoms in total. The van der Waals surface area contributed by atoms with Gasteiger partial charge in [-0.2, -0.15) is 10.4 Å². The van der Waals surface area contributed by atoms with Gasteiger partial charge >= 0.3 is 0 Å². The van der Waals surface area contributed by atoms with Crippen LogP contribution in [0.4, 0.5) is 0 Å². The average molecular weight is 270 g/mol. The van der Waals surface area contributed by atoms with Gasteiger partial charge in [-0.05, 0) is 23.8 Å². The summed E-state index contributed by atoms with van der Waals surface area (Å²) < 4.78 is 1.78. The maximum absolute atomic E-state index is 10.0. The first kappa shape index (κ1) is 14.3. The molecule has 2 aromatic rings. The van der Waals surface area contributed by atoms with Crippen LogP contribution in [0.15, 0.2) is 36.5 Å². The highest BCUT2D eigenvalue weighted by atomic mass is 16.3. The Labute approximate surface area is 118 Å². The molecule has 5 heteroatoms. The number of aliphatic hydroxyl groups excluding tert-OH is 1. The normalized spacial score (nSPS) is 12.1. The number of hydrogen-bond acceptors (Lipinski definition) is 4. The minimum atomic E-state index is -0.563. The number of benzene rings is 1. The Bertz CT molecular complexity index is 583. The average Bonchev–Trinajstić information content (AvgIpc) is 2.89. The van der Waals surface area contributed by atoms with Crippen LogP contribution in [-0.4, -0.2) is 28.0 Å². The van der Waals surface area contributed by atoms with E-state index in [0.29, 0.717) is 12.1 Å². The van der Waals surface area contributed by atoms with Gasteiger partial charge in [0.25, 0.3) is 0 Å². The Morgan fingerprint density at radius 3 is 2.70 bits per heavy atom. The number of rotatable bonds is 6. The number of aromatic nitrogens is 2. The van der Waals surface area contributed by atoms with E-state index in [9.17, 15) is 5.11 Å². The molecule has 0 saturated carbocycles. The van der Waals surface area contributed by atoms with E-state index < -0.39 is 6.10 Å². The maximum Gasteiger partial charge on any atom is 0.0991 e. The predicted octanol–water partition coefficient (Wildman–Crippen LogP) is 1.16. The van der Waals surface area contributed by atoms with Crippen molar-refractivity contribution in [3.63, 3.8) is 0 Å².